The minimum Gasteiger partial charge on any atom is -0.268 e. The number of para-hydroxylation sites is 1. The first-order valence-electron chi connectivity index (χ1n) is 6.97. The van der Waals surface area contributed by atoms with E-state index in [4.69, 9.17) is 12.2 Å². The van der Waals surface area contributed by atoms with Gasteiger partial charge in [-0.05, 0) is 36.3 Å². The Morgan fingerprint density at radius 1 is 1.23 bits per heavy atom. The number of hydrogen-bond donors (Lipinski definition) is 0. The summed E-state index contributed by atoms with van der Waals surface area (Å²) < 4.78 is 0.563. The first-order valence-corrected chi connectivity index (χ1v) is 8.20. The Morgan fingerprint density at radius 3 is 2.73 bits per heavy atom. The molecule has 1 aromatic carbocycles. The van der Waals surface area contributed by atoms with Crippen molar-refractivity contribution in [3.8, 4) is 0 Å². The number of carbonyl (C=O) groups is 1. The van der Waals surface area contributed by atoms with Crippen LogP contribution in [0.25, 0.3) is 6.08 Å². The van der Waals surface area contributed by atoms with Crippen LogP contribution in [0.5, 0.6) is 0 Å². The maximum atomic E-state index is 12.7. The number of thioether (sulfide) groups is 1. The van der Waals surface area contributed by atoms with Crippen LogP contribution < -0.4 is 4.90 Å². The van der Waals surface area contributed by atoms with E-state index in [2.05, 4.69) is 11.9 Å². The van der Waals surface area contributed by atoms with E-state index in [0.29, 0.717) is 9.23 Å². The number of pyridine rings is 1. The molecule has 22 heavy (non-hydrogen) atoms. The summed E-state index contributed by atoms with van der Waals surface area (Å²) in [7, 11) is 0. The van der Waals surface area contributed by atoms with Gasteiger partial charge in [0.15, 0.2) is 4.32 Å². The molecule has 110 valence electrons. The molecule has 1 fully saturated rings. The van der Waals surface area contributed by atoms with Crippen molar-refractivity contribution in [2.24, 2.45) is 0 Å². The Hall–Kier alpha value is -1.98. The van der Waals surface area contributed by atoms with Crippen LogP contribution in [0.4, 0.5) is 5.69 Å². The average Bonchev–Trinajstić information content (AvgIpc) is 2.82. The normalized spacial score (nSPS) is 16.6. The summed E-state index contributed by atoms with van der Waals surface area (Å²) >= 11 is 6.73. The van der Waals surface area contributed by atoms with Gasteiger partial charge >= 0.3 is 0 Å². The zero-order valence-electron chi connectivity index (χ0n) is 12.0. The van der Waals surface area contributed by atoms with E-state index in [0.717, 1.165) is 23.4 Å². The molecule has 0 N–H and O–H groups in total. The van der Waals surface area contributed by atoms with Crippen LogP contribution >= 0.6 is 24.0 Å². The molecule has 0 atom stereocenters. The molecule has 2 aromatic rings. The molecule has 1 aliphatic heterocycles. The number of benzene rings is 1. The monoisotopic (exact) mass is 326 g/mol. The van der Waals surface area contributed by atoms with Gasteiger partial charge in [0.05, 0.1) is 16.3 Å². The van der Waals surface area contributed by atoms with Gasteiger partial charge in [0.25, 0.3) is 5.91 Å². The maximum Gasteiger partial charge on any atom is 0.270 e. The minimum absolute atomic E-state index is 0.0819. The highest BCUT2D eigenvalue weighted by Gasteiger charge is 2.34. The topological polar surface area (TPSA) is 33.2 Å². The van der Waals surface area contributed by atoms with Crippen molar-refractivity contribution in [2.75, 3.05) is 4.90 Å². The quantitative estimate of drug-likeness (QED) is 0.629. The molecule has 3 rings (SSSR count). The third kappa shape index (κ3) is 2.82. The minimum atomic E-state index is -0.0819. The third-order valence-electron chi connectivity index (χ3n) is 3.37. The molecule has 0 aliphatic carbocycles. The second-order valence-electron chi connectivity index (χ2n) is 4.75. The summed E-state index contributed by atoms with van der Waals surface area (Å²) in [5, 5.41) is 0. The number of amides is 1. The average molecular weight is 326 g/mol. The van der Waals surface area contributed by atoms with Crippen LogP contribution in [0.1, 0.15) is 18.2 Å². The van der Waals surface area contributed by atoms with Gasteiger partial charge in [0.1, 0.15) is 0 Å². The summed E-state index contributed by atoms with van der Waals surface area (Å²) in [6.07, 6.45) is 4.35. The molecule has 1 aliphatic rings. The van der Waals surface area contributed by atoms with Crippen molar-refractivity contribution in [1.29, 1.82) is 0 Å². The van der Waals surface area contributed by atoms with Crippen LogP contribution in [-0.2, 0) is 11.2 Å². The van der Waals surface area contributed by atoms with Crippen LogP contribution in [0, 0.1) is 0 Å². The SMILES string of the molecule is CCc1ccccc1N1C(=O)/C(=C/c2ccccn2)SC1=S. The summed E-state index contributed by atoms with van der Waals surface area (Å²) in [5.74, 6) is -0.0819. The summed E-state index contributed by atoms with van der Waals surface area (Å²) in [4.78, 5) is 19.2. The van der Waals surface area contributed by atoms with Gasteiger partial charge in [-0.1, -0.05) is 55.2 Å². The van der Waals surface area contributed by atoms with Gasteiger partial charge in [-0.3, -0.25) is 14.7 Å². The molecule has 0 unspecified atom stereocenters. The number of aromatic nitrogens is 1. The van der Waals surface area contributed by atoms with E-state index in [1.807, 2.05) is 42.5 Å². The lowest BCUT2D eigenvalue weighted by molar-refractivity contribution is -0.113. The van der Waals surface area contributed by atoms with Crippen molar-refractivity contribution < 1.29 is 4.79 Å². The van der Waals surface area contributed by atoms with Gasteiger partial charge in [0.2, 0.25) is 0 Å². The Labute approximate surface area is 139 Å². The van der Waals surface area contributed by atoms with Gasteiger partial charge in [-0.2, -0.15) is 0 Å². The molecule has 0 radical (unpaired) electrons. The number of anilines is 1. The molecule has 0 spiro atoms. The van der Waals surface area contributed by atoms with Gasteiger partial charge in [-0.25, -0.2) is 0 Å². The van der Waals surface area contributed by atoms with Gasteiger partial charge in [-0.15, -0.1) is 0 Å². The molecule has 1 saturated heterocycles. The molecular weight excluding hydrogens is 312 g/mol. The Bertz CT molecular complexity index is 756. The fourth-order valence-corrected chi connectivity index (χ4v) is 3.57. The summed E-state index contributed by atoms with van der Waals surface area (Å²) in [6.45, 7) is 2.07. The lowest BCUT2D eigenvalue weighted by Crippen LogP contribution is -2.28. The van der Waals surface area contributed by atoms with Crippen molar-refractivity contribution in [3.05, 3.63) is 64.8 Å². The first kappa shape index (κ1) is 14.9. The van der Waals surface area contributed by atoms with Crippen LogP contribution in [0.3, 0.4) is 0 Å². The molecule has 1 aromatic heterocycles. The lowest BCUT2D eigenvalue weighted by Gasteiger charge is -2.17. The number of nitrogens with zero attached hydrogens (tertiary/aromatic N) is 2. The van der Waals surface area contributed by atoms with Crippen LogP contribution in [0.15, 0.2) is 53.6 Å². The number of thiocarbonyl (C=S) groups is 1. The van der Waals surface area contributed by atoms with Crippen molar-refractivity contribution in [2.45, 2.75) is 13.3 Å². The fourth-order valence-electron chi connectivity index (χ4n) is 2.30. The molecule has 0 bridgehead atoms. The standard InChI is InChI=1S/C17H14N2OS2/c1-2-12-7-3-4-9-14(12)19-16(20)15(22-17(19)21)11-13-8-5-6-10-18-13/h3-11H,2H2,1H3/b15-11-. The molecule has 0 saturated carbocycles. The second-order valence-corrected chi connectivity index (χ2v) is 6.43. The summed E-state index contributed by atoms with van der Waals surface area (Å²) in [6, 6.07) is 13.5. The highest BCUT2D eigenvalue weighted by atomic mass is 32.2. The predicted octanol–water partition coefficient (Wildman–Crippen LogP) is 4.05. The maximum absolute atomic E-state index is 12.7. The largest absolute Gasteiger partial charge is 0.270 e. The Kier molecular flexibility index (Phi) is 4.36. The molecule has 3 nitrogen and oxygen atoms in total. The zero-order chi connectivity index (χ0) is 15.5. The van der Waals surface area contributed by atoms with Crippen molar-refractivity contribution >= 4 is 46.0 Å². The first-order chi connectivity index (χ1) is 10.7. The van der Waals surface area contributed by atoms with E-state index in [9.17, 15) is 4.79 Å². The van der Waals surface area contributed by atoms with E-state index < -0.39 is 0 Å². The highest BCUT2D eigenvalue weighted by molar-refractivity contribution is 8.27. The smallest absolute Gasteiger partial charge is 0.268 e. The van der Waals surface area contributed by atoms with E-state index in [1.54, 1.807) is 17.2 Å². The fraction of sp³-hybridized carbons (Fsp3) is 0.118. The third-order valence-corrected chi connectivity index (χ3v) is 4.68. The lowest BCUT2D eigenvalue weighted by atomic mass is 10.1. The number of aryl methyl sites for hydroxylation is 1. The van der Waals surface area contributed by atoms with E-state index in [-0.39, 0.29) is 5.91 Å². The zero-order valence-corrected chi connectivity index (χ0v) is 13.7. The number of carbonyl (C=O) groups excluding carboxylic acids is 1. The van der Waals surface area contributed by atoms with Crippen molar-refractivity contribution in [3.63, 3.8) is 0 Å². The Morgan fingerprint density at radius 2 is 2.00 bits per heavy atom. The predicted molar refractivity (Wildman–Crippen MR) is 95.7 cm³/mol. The van der Waals surface area contributed by atoms with Crippen LogP contribution in [-0.4, -0.2) is 15.2 Å². The number of rotatable bonds is 3. The molecule has 1 amide bonds. The van der Waals surface area contributed by atoms with E-state index >= 15 is 0 Å². The Balaban J connectivity index is 1.97. The van der Waals surface area contributed by atoms with Crippen LogP contribution in [0.2, 0.25) is 0 Å². The molecular formula is C17H14N2OS2. The highest BCUT2D eigenvalue weighted by Crippen LogP contribution is 2.37. The van der Waals surface area contributed by atoms with Crippen molar-refractivity contribution in [1.82, 2.24) is 4.98 Å². The second kappa shape index (κ2) is 6.42. The van der Waals surface area contributed by atoms with Gasteiger partial charge < -0.3 is 0 Å². The number of hydrogen-bond acceptors (Lipinski definition) is 4. The summed E-state index contributed by atoms with van der Waals surface area (Å²) in [5.41, 5.74) is 2.74. The van der Waals surface area contributed by atoms with E-state index in [1.165, 1.54) is 11.8 Å². The molecule has 2 heterocycles. The van der Waals surface area contributed by atoms with Gasteiger partial charge in [0, 0.05) is 6.20 Å². The molecule has 5 heteroatoms.